The van der Waals surface area contributed by atoms with Crippen molar-refractivity contribution in [1.82, 2.24) is 0 Å². The second kappa shape index (κ2) is 8.62. The van der Waals surface area contributed by atoms with Crippen molar-refractivity contribution in [3.05, 3.63) is 60.4 Å². The number of hydrogen-bond donors (Lipinski definition) is 0. The van der Waals surface area contributed by atoms with E-state index in [-0.39, 0.29) is 5.79 Å². The maximum absolute atomic E-state index is 6.00. The lowest BCUT2D eigenvalue weighted by Crippen LogP contribution is -2.45. The zero-order valence-corrected chi connectivity index (χ0v) is 16.4. The summed E-state index contributed by atoms with van der Waals surface area (Å²) >= 11 is 0. The molecule has 3 aliphatic rings. The maximum atomic E-state index is 6.00. The minimum Gasteiger partial charge on any atom is -0.497 e. The molecule has 0 N–H and O–H groups in total. The lowest BCUT2D eigenvalue weighted by molar-refractivity contribution is -0.201. The fourth-order valence-corrected chi connectivity index (χ4v) is 5.38. The van der Waals surface area contributed by atoms with Gasteiger partial charge in [-0.3, -0.25) is 0 Å². The molecule has 4 rings (SSSR count). The summed E-state index contributed by atoms with van der Waals surface area (Å²) in [7, 11) is 0. The molecule has 1 aromatic rings. The molecule has 0 radical (unpaired) electrons. The van der Waals surface area contributed by atoms with Gasteiger partial charge in [0.1, 0.15) is 6.61 Å². The third-order valence-corrected chi connectivity index (χ3v) is 6.64. The predicted molar refractivity (Wildman–Crippen MR) is 107 cm³/mol. The zero-order valence-electron chi connectivity index (χ0n) is 16.4. The molecule has 1 saturated heterocycles. The van der Waals surface area contributed by atoms with Crippen LogP contribution in [0.4, 0.5) is 0 Å². The standard InChI is InChI=1S/C24H32O3/c1-2-6-22-20(12-14-25-18-19-7-4-3-5-8-19)9-10-21-17-24(13-11-23(21)22)26-15-16-27-24/h2-8,12,14,20-23H,9-11,13,15-18H2,1H3/b6-2-,14-12+/t20-,21-,22-,23-/m0/s1. The molecule has 0 bridgehead atoms. The first-order chi connectivity index (χ1) is 13.3. The van der Waals surface area contributed by atoms with E-state index in [1.165, 1.54) is 24.8 Å². The van der Waals surface area contributed by atoms with Gasteiger partial charge in [0.15, 0.2) is 5.79 Å². The first-order valence-electron chi connectivity index (χ1n) is 10.5. The molecule has 0 amide bonds. The van der Waals surface area contributed by atoms with Gasteiger partial charge in [0.05, 0.1) is 19.5 Å². The van der Waals surface area contributed by atoms with E-state index in [0.717, 1.165) is 32.0 Å². The van der Waals surface area contributed by atoms with E-state index in [4.69, 9.17) is 14.2 Å². The summed E-state index contributed by atoms with van der Waals surface area (Å²) in [5, 5.41) is 0. The van der Waals surface area contributed by atoms with Gasteiger partial charge in [-0.25, -0.2) is 0 Å². The molecule has 1 aliphatic heterocycles. The average molecular weight is 369 g/mol. The monoisotopic (exact) mass is 368 g/mol. The largest absolute Gasteiger partial charge is 0.497 e. The molecular formula is C24H32O3. The van der Waals surface area contributed by atoms with Gasteiger partial charge in [-0.2, -0.15) is 0 Å². The molecule has 2 saturated carbocycles. The van der Waals surface area contributed by atoms with Gasteiger partial charge in [-0.05, 0) is 61.5 Å². The summed E-state index contributed by atoms with van der Waals surface area (Å²) in [6.07, 6.45) is 14.7. The average Bonchev–Trinajstić information content (AvgIpc) is 3.15. The summed E-state index contributed by atoms with van der Waals surface area (Å²) in [5.41, 5.74) is 1.21. The molecule has 0 unspecified atom stereocenters. The van der Waals surface area contributed by atoms with Crippen molar-refractivity contribution < 1.29 is 14.2 Å². The minimum absolute atomic E-state index is 0.261. The van der Waals surface area contributed by atoms with Crippen molar-refractivity contribution in [2.75, 3.05) is 13.2 Å². The van der Waals surface area contributed by atoms with Crippen LogP contribution >= 0.6 is 0 Å². The highest BCUT2D eigenvalue weighted by molar-refractivity contribution is 5.13. The molecule has 2 aliphatic carbocycles. The van der Waals surface area contributed by atoms with E-state index in [2.05, 4.69) is 49.4 Å². The van der Waals surface area contributed by atoms with E-state index in [0.29, 0.717) is 24.4 Å². The van der Waals surface area contributed by atoms with E-state index in [1.54, 1.807) is 0 Å². The molecular weight excluding hydrogens is 336 g/mol. The molecule has 1 spiro atoms. The molecule has 4 atom stereocenters. The van der Waals surface area contributed by atoms with E-state index >= 15 is 0 Å². The van der Waals surface area contributed by atoms with Gasteiger partial charge in [-0.15, -0.1) is 0 Å². The second-order valence-corrected chi connectivity index (χ2v) is 8.24. The smallest absolute Gasteiger partial charge is 0.168 e. The third kappa shape index (κ3) is 4.30. The summed E-state index contributed by atoms with van der Waals surface area (Å²) in [6, 6.07) is 10.4. The Hall–Kier alpha value is -1.58. The highest BCUT2D eigenvalue weighted by Gasteiger charge is 2.48. The van der Waals surface area contributed by atoms with Gasteiger partial charge >= 0.3 is 0 Å². The Kier molecular flexibility index (Phi) is 5.99. The minimum atomic E-state index is -0.261. The second-order valence-electron chi connectivity index (χ2n) is 8.24. The Morgan fingerprint density at radius 1 is 1.07 bits per heavy atom. The number of fused-ring (bicyclic) bond motifs is 1. The molecule has 3 heteroatoms. The van der Waals surface area contributed by atoms with Crippen LogP contribution in [0.1, 0.15) is 44.6 Å². The lowest BCUT2D eigenvalue weighted by atomic mass is 9.60. The summed E-state index contributed by atoms with van der Waals surface area (Å²) < 4.78 is 17.8. The Bertz CT molecular complexity index is 645. The van der Waals surface area contributed by atoms with Crippen LogP contribution in [0.2, 0.25) is 0 Å². The summed E-state index contributed by atoms with van der Waals surface area (Å²) in [4.78, 5) is 0. The molecule has 27 heavy (non-hydrogen) atoms. The fraction of sp³-hybridized carbons (Fsp3) is 0.583. The fourth-order valence-electron chi connectivity index (χ4n) is 5.38. The van der Waals surface area contributed by atoms with Gasteiger partial charge in [0.2, 0.25) is 0 Å². The molecule has 3 fully saturated rings. The first kappa shape index (κ1) is 18.8. The van der Waals surface area contributed by atoms with Crippen LogP contribution in [0.3, 0.4) is 0 Å². The van der Waals surface area contributed by atoms with Crippen molar-refractivity contribution in [3.63, 3.8) is 0 Å². The van der Waals surface area contributed by atoms with Crippen LogP contribution in [0, 0.1) is 23.7 Å². The quantitative estimate of drug-likeness (QED) is 0.509. The number of allylic oxidation sites excluding steroid dienone is 3. The topological polar surface area (TPSA) is 27.7 Å². The number of benzene rings is 1. The molecule has 0 aromatic heterocycles. The Labute approximate surface area is 163 Å². The Balaban J connectivity index is 1.37. The van der Waals surface area contributed by atoms with Gasteiger partial charge < -0.3 is 14.2 Å². The highest BCUT2D eigenvalue weighted by atomic mass is 16.7. The van der Waals surface area contributed by atoms with Gasteiger partial charge in [0.25, 0.3) is 0 Å². The van der Waals surface area contributed by atoms with Gasteiger partial charge in [0, 0.05) is 12.8 Å². The van der Waals surface area contributed by atoms with Gasteiger partial charge in [-0.1, -0.05) is 42.5 Å². The van der Waals surface area contributed by atoms with Crippen molar-refractivity contribution in [2.24, 2.45) is 23.7 Å². The molecule has 3 nitrogen and oxygen atoms in total. The van der Waals surface area contributed by atoms with E-state index < -0.39 is 0 Å². The zero-order chi connectivity index (χ0) is 18.5. The summed E-state index contributed by atoms with van der Waals surface area (Å²) in [5.74, 6) is 2.36. The van der Waals surface area contributed by atoms with Crippen LogP contribution in [-0.2, 0) is 20.8 Å². The third-order valence-electron chi connectivity index (χ3n) is 6.64. The van der Waals surface area contributed by atoms with E-state index in [9.17, 15) is 0 Å². The highest BCUT2D eigenvalue weighted by Crippen LogP contribution is 2.51. The van der Waals surface area contributed by atoms with Crippen molar-refractivity contribution in [3.8, 4) is 0 Å². The SMILES string of the molecule is C/C=C\[C@@H]1[C@H]2CCC3(C[C@@H]2CC[C@H]1/C=C/OCc1ccccc1)OCCO3. The molecule has 1 aromatic carbocycles. The maximum Gasteiger partial charge on any atom is 0.168 e. The normalized spacial score (nSPS) is 32.9. The van der Waals surface area contributed by atoms with Crippen LogP contribution in [0.25, 0.3) is 0 Å². The number of ether oxygens (including phenoxy) is 3. The predicted octanol–water partition coefficient (Wildman–Crippen LogP) is 5.48. The van der Waals surface area contributed by atoms with Crippen LogP contribution < -0.4 is 0 Å². The van der Waals surface area contributed by atoms with E-state index in [1.807, 2.05) is 12.3 Å². The number of rotatable bonds is 5. The Morgan fingerprint density at radius 2 is 1.89 bits per heavy atom. The van der Waals surface area contributed by atoms with Crippen LogP contribution in [0.15, 0.2) is 54.8 Å². The van der Waals surface area contributed by atoms with Crippen molar-refractivity contribution in [1.29, 1.82) is 0 Å². The Morgan fingerprint density at radius 3 is 2.67 bits per heavy atom. The first-order valence-corrected chi connectivity index (χ1v) is 10.5. The lowest BCUT2D eigenvalue weighted by Gasteiger charge is -2.48. The van der Waals surface area contributed by atoms with Crippen molar-refractivity contribution >= 4 is 0 Å². The summed E-state index contributed by atoms with van der Waals surface area (Å²) in [6.45, 7) is 4.31. The molecule has 1 heterocycles. The molecule has 146 valence electrons. The van der Waals surface area contributed by atoms with Crippen LogP contribution in [0.5, 0.6) is 0 Å². The van der Waals surface area contributed by atoms with Crippen molar-refractivity contribution in [2.45, 2.75) is 51.4 Å². The number of hydrogen-bond acceptors (Lipinski definition) is 3. The van der Waals surface area contributed by atoms with Crippen LogP contribution in [-0.4, -0.2) is 19.0 Å².